The first-order valence-electron chi connectivity index (χ1n) is 5.18. The zero-order valence-corrected chi connectivity index (χ0v) is 12.7. The topological polar surface area (TPSA) is 24.9 Å². The van der Waals surface area contributed by atoms with Gasteiger partial charge >= 0.3 is 0 Å². The van der Waals surface area contributed by atoms with E-state index < -0.39 is 0 Å². The second-order valence-corrected chi connectivity index (χ2v) is 6.28. The Hall–Kier alpha value is -0.580. The average Bonchev–Trinajstić information content (AvgIpc) is 2.60. The Balaban J connectivity index is 2.04. The molecule has 0 amide bonds. The van der Waals surface area contributed by atoms with Crippen LogP contribution in [0.3, 0.4) is 0 Å². The minimum Gasteiger partial charge on any atom is -0.378 e. The van der Waals surface area contributed by atoms with Gasteiger partial charge in [-0.3, -0.25) is 0 Å². The van der Waals surface area contributed by atoms with Gasteiger partial charge in [-0.05, 0) is 48.0 Å². The molecule has 0 atom stereocenters. The van der Waals surface area contributed by atoms with E-state index in [4.69, 9.17) is 11.6 Å². The molecule has 0 saturated carbocycles. The Kier molecular flexibility index (Phi) is 4.07. The number of halogens is 2. The molecule has 17 heavy (non-hydrogen) atoms. The first-order valence-corrected chi connectivity index (χ1v) is 7.17. The van der Waals surface area contributed by atoms with Crippen molar-refractivity contribution in [3.8, 4) is 0 Å². The van der Waals surface area contributed by atoms with Gasteiger partial charge in [-0.15, -0.1) is 11.3 Å². The molecule has 5 heteroatoms. The van der Waals surface area contributed by atoms with E-state index in [-0.39, 0.29) is 0 Å². The van der Waals surface area contributed by atoms with Crippen LogP contribution < -0.4 is 5.32 Å². The second-order valence-electron chi connectivity index (χ2n) is 3.73. The highest BCUT2D eigenvalue weighted by atomic mass is 79.9. The Morgan fingerprint density at radius 2 is 2.18 bits per heavy atom. The molecule has 0 unspecified atom stereocenters. The molecule has 0 aliphatic rings. The molecule has 1 aromatic carbocycles. The summed E-state index contributed by atoms with van der Waals surface area (Å²) >= 11 is 11.1. The lowest BCUT2D eigenvalue weighted by molar-refractivity contribution is 1.07. The molecule has 2 nitrogen and oxygen atoms in total. The minimum atomic E-state index is 0.719. The third-order valence-corrected chi connectivity index (χ3v) is 4.72. The van der Waals surface area contributed by atoms with Crippen molar-refractivity contribution in [2.75, 3.05) is 5.32 Å². The van der Waals surface area contributed by atoms with E-state index in [0.29, 0.717) is 0 Å². The van der Waals surface area contributed by atoms with Gasteiger partial charge in [0.2, 0.25) is 0 Å². The summed E-state index contributed by atoms with van der Waals surface area (Å²) in [6.45, 7) is 4.87. The van der Waals surface area contributed by atoms with E-state index in [1.54, 1.807) is 11.3 Å². The minimum absolute atomic E-state index is 0.719. The molecule has 0 bridgehead atoms. The first-order chi connectivity index (χ1) is 8.06. The van der Waals surface area contributed by atoms with Crippen molar-refractivity contribution in [2.45, 2.75) is 20.4 Å². The molecule has 0 fully saturated rings. The normalized spacial score (nSPS) is 10.6. The predicted octanol–water partition coefficient (Wildman–Crippen LogP) is 4.79. The molecule has 1 N–H and O–H groups in total. The standard InChI is InChI=1S/C12H12BrClN2S/c1-7-8(2)17-12(16-7)6-15-9-3-4-11(14)10(13)5-9/h3-5,15H,6H2,1-2H3. The highest BCUT2D eigenvalue weighted by Gasteiger charge is 2.04. The number of hydrogen-bond donors (Lipinski definition) is 1. The van der Waals surface area contributed by atoms with Gasteiger partial charge in [-0.25, -0.2) is 4.98 Å². The van der Waals surface area contributed by atoms with E-state index in [9.17, 15) is 0 Å². The van der Waals surface area contributed by atoms with Gasteiger partial charge in [0.25, 0.3) is 0 Å². The van der Waals surface area contributed by atoms with Crippen LogP contribution in [0.2, 0.25) is 5.02 Å². The zero-order chi connectivity index (χ0) is 12.4. The zero-order valence-electron chi connectivity index (χ0n) is 9.55. The van der Waals surface area contributed by atoms with Gasteiger partial charge in [0.1, 0.15) is 5.01 Å². The Morgan fingerprint density at radius 3 is 2.76 bits per heavy atom. The third-order valence-electron chi connectivity index (χ3n) is 2.44. The number of thiazole rings is 1. The predicted molar refractivity (Wildman–Crippen MR) is 78.1 cm³/mol. The summed E-state index contributed by atoms with van der Waals surface area (Å²) in [5, 5.41) is 5.15. The maximum Gasteiger partial charge on any atom is 0.112 e. The first kappa shape index (κ1) is 12.9. The van der Waals surface area contributed by atoms with Crippen LogP contribution in [0.4, 0.5) is 5.69 Å². The Bertz CT molecular complexity index is 520. The van der Waals surface area contributed by atoms with Gasteiger partial charge in [0.05, 0.1) is 17.3 Å². The second kappa shape index (κ2) is 5.38. The van der Waals surface area contributed by atoms with Crippen LogP contribution in [0.1, 0.15) is 15.6 Å². The van der Waals surface area contributed by atoms with Crippen molar-refractivity contribution in [1.82, 2.24) is 4.98 Å². The number of aryl methyl sites for hydroxylation is 2. The summed E-state index contributed by atoms with van der Waals surface area (Å²) < 4.78 is 0.899. The average molecular weight is 332 g/mol. The summed E-state index contributed by atoms with van der Waals surface area (Å²) in [4.78, 5) is 5.76. The fraction of sp³-hybridized carbons (Fsp3) is 0.250. The molecule has 1 heterocycles. The van der Waals surface area contributed by atoms with Gasteiger partial charge in [0.15, 0.2) is 0 Å². The van der Waals surface area contributed by atoms with E-state index in [2.05, 4.69) is 33.2 Å². The largest absolute Gasteiger partial charge is 0.378 e. The molecule has 90 valence electrons. The van der Waals surface area contributed by atoms with Crippen LogP contribution in [0.25, 0.3) is 0 Å². The highest BCUT2D eigenvalue weighted by Crippen LogP contribution is 2.26. The van der Waals surface area contributed by atoms with Crippen LogP contribution in [0.5, 0.6) is 0 Å². The molecule has 0 aliphatic carbocycles. The molecular weight excluding hydrogens is 320 g/mol. The SMILES string of the molecule is Cc1nc(CNc2ccc(Cl)c(Br)c2)sc1C. The maximum atomic E-state index is 5.94. The summed E-state index contributed by atoms with van der Waals surface area (Å²) in [5.74, 6) is 0. The van der Waals surface area contributed by atoms with Crippen molar-refractivity contribution in [3.05, 3.63) is 43.3 Å². The van der Waals surface area contributed by atoms with Crippen LogP contribution in [0.15, 0.2) is 22.7 Å². The molecule has 0 spiro atoms. The Morgan fingerprint density at radius 1 is 1.41 bits per heavy atom. The van der Waals surface area contributed by atoms with Crippen LogP contribution in [-0.4, -0.2) is 4.98 Å². The summed E-state index contributed by atoms with van der Waals surface area (Å²) in [5.41, 5.74) is 2.15. The molecule has 0 radical (unpaired) electrons. The van der Waals surface area contributed by atoms with Crippen molar-refractivity contribution >= 4 is 44.6 Å². The highest BCUT2D eigenvalue weighted by molar-refractivity contribution is 9.10. The van der Waals surface area contributed by atoms with E-state index in [1.807, 2.05) is 25.1 Å². The molecular formula is C12H12BrClN2S. The number of nitrogens with zero attached hydrogens (tertiary/aromatic N) is 1. The van der Waals surface area contributed by atoms with Crippen molar-refractivity contribution in [3.63, 3.8) is 0 Å². The third kappa shape index (κ3) is 3.21. The lowest BCUT2D eigenvalue weighted by Gasteiger charge is -2.05. The fourth-order valence-electron chi connectivity index (χ4n) is 1.40. The van der Waals surface area contributed by atoms with Gasteiger partial charge < -0.3 is 5.32 Å². The number of benzene rings is 1. The molecule has 2 aromatic rings. The van der Waals surface area contributed by atoms with E-state index >= 15 is 0 Å². The summed E-state index contributed by atoms with van der Waals surface area (Å²) in [6.07, 6.45) is 0. The van der Waals surface area contributed by atoms with Gasteiger partial charge in [0, 0.05) is 15.0 Å². The molecule has 2 rings (SSSR count). The lowest BCUT2D eigenvalue weighted by atomic mass is 10.3. The number of nitrogens with one attached hydrogen (secondary N) is 1. The number of aromatic nitrogens is 1. The molecule has 1 aromatic heterocycles. The summed E-state index contributed by atoms with van der Waals surface area (Å²) in [7, 11) is 0. The van der Waals surface area contributed by atoms with Crippen LogP contribution in [-0.2, 0) is 6.54 Å². The van der Waals surface area contributed by atoms with Gasteiger partial charge in [-0.2, -0.15) is 0 Å². The Labute approximate surface area is 118 Å². The number of anilines is 1. The molecule has 0 saturated heterocycles. The lowest BCUT2D eigenvalue weighted by Crippen LogP contribution is -1.98. The quantitative estimate of drug-likeness (QED) is 0.875. The van der Waals surface area contributed by atoms with E-state index in [1.165, 1.54) is 4.88 Å². The van der Waals surface area contributed by atoms with E-state index in [0.717, 1.165) is 32.4 Å². The van der Waals surface area contributed by atoms with Crippen molar-refractivity contribution in [1.29, 1.82) is 0 Å². The monoisotopic (exact) mass is 330 g/mol. The summed E-state index contributed by atoms with van der Waals surface area (Å²) in [6, 6.07) is 5.79. The number of rotatable bonds is 3. The van der Waals surface area contributed by atoms with Crippen LogP contribution in [0, 0.1) is 13.8 Å². The number of hydrogen-bond acceptors (Lipinski definition) is 3. The fourth-order valence-corrected chi connectivity index (χ4v) is 2.77. The van der Waals surface area contributed by atoms with Crippen molar-refractivity contribution < 1.29 is 0 Å². The maximum absolute atomic E-state index is 5.94. The van der Waals surface area contributed by atoms with Gasteiger partial charge in [-0.1, -0.05) is 11.6 Å². The molecule has 0 aliphatic heterocycles. The van der Waals surface area contributed by atoms with Crippen molar-refractivity contribution in [2.24, 2.45) is 0 Å². The van der Waals surface area contributed by atoms with Crippen LogP contribution >= 0.6 is 38.9 Å². The smallest absolute Gasteiger partial charge is 0.112 e.